The van der Waals surface area contributed by atoms with Gasteiger partial charge in [0.1, 0.15) is 11.7 Å². The normalized spacial score (nSPS) is 12.5. The number of nitrogens with zero attached hydrogens (tertiary/aromatic N) is 4. The van der Waals surface area contributed by atoms with Crippen LogP contribution in [-0.2, 0) is 17.8 Å². The van der Waals surface area contributed by atoms with Gasteiger partial charge in [-0.25, -0.2) is 9.78 Å². The van der Waals surface area contributed by atoms with E-state index < -0.39 is 11.7 Å². The van der Waals surface area contributed by atoms with Crippen LogP contribution in [0.5, 0.6) is 6.01 Å². The van der Waals surface area contributed by atoms with Gasteiger partial charge in [-0.1, -0.05) is 37.6 Å². The Morgan fingerprint density at radius 3 is 2.55 bits per heavy atom. The molecule has 0 aliphatic heterocycles. The van der Waals surface area contributed by atoms with Gasteiger partial charge in [0.25, 0.3) is 0 Å². The largest absolute Gasteiger partial charge is 0.458 e. The number of alkyl carbamates (subject to hydrolysis) is 1. The summed E-state index contributed by atoms with van der Waals surface area (Å²) in [5.41, 5.74) is 8.55. The first-order chi connectivity index (χ1) is 15.7. The number of imidazole rings is 1. The van der Waals surface area contributed by atoms with Crippen LogP contribution in [0.4, 0.5) is 10.6 Å². The lowest BCUT2D eigenvalue weighted by atomic mass is 10.1. The Labute approximate surface area is 193 Å². The molecule has 0 spiro atoms. The zero-order chi connectivity index (χ0) is 24.0. The first-order valence-electron chi connectivity index (χ1n) is 11.0. The molecule has 0 fully saturated rings. The van der Waals surface area contributed by atoms with Crippen molar-refractivity contribution >= 4 is 23.1 Å². The average molecular weight is 457 g/mol. The topological polar surface area (TPSA) is 137 Å². The maximum absolute atomic E-state index is 11.8. The van der Waals surface area contributed by atoms with Crippen molar-refractivity contribution in [2.75, 3.05) is 12.3 Å². The molecule has 10 nitrogen and oxygen atoms in total. The van der Waals surface area contributed by atoms with Crippen LogP contribution in [0.25, 0.3) is 11.2 Å². The number of aliphatic hydroxyl groups is 1. The fourth-order valence-corrected chi connectivity index (χ4v) is 3.22. The van der Waals surface area contributed by atoms with Gasteiger partial charge in [-0.15, -0.1) is 0 Å². The Bertz CT molecular complexity index is 1070. The molecule has 0 bridgehead atoms. The van der Waals surface area contributed by atoms with E-state index in [2.05, 4.69) is 20.3 Å². The second-order valence-corrected chi connectivity index (χ2v) is 8.82. The Balaban J connectivity index is 1.69. The average Bonchev–Trinajstić information content (AvgIpc) is 3.15. The zero-order valence-corrected chi connectivity index (χ0v) is 19.5. The monoisotopic (exact) mass is 456 g/mol. The van der Waals surface area contributed by atoms with Crippen molar-refractivity contribution in [2.45, 2.75) is 65.3 Å². The molecule has 4 N–H and O–H groups in total. The summed E-state index contributed by atoms with van der Waals surface area (Å²) in [5, 5.41) is 12.2. The number of aromatic nitrogens is 4. The quantitative estimate of drug-likeness (QED) is 0.447. The molecule has 1 aromatic carbocycles. The first-order valence-corrected chi connectivity index (χ1v) is 11.0. The van der Waals surface area contributed by atoms with Crippen LogP contribution in [0, 0.1) is 0 Å². The predicted octanol–water partition coefficient (Wildman–Crippen LogP) is 3.02. The second kappa shape index (κ2) is 10.5. The number of hydrogen-bond donors (Lipinski definition) is 3. The van der Waals surface area contributed by atoms with Crippen molar-refractivity contribution in [2.24, 2.45) is 0 Å². The Kier molecular flexibility index (Phi) is 7.70. The summed E-state index contributed by atoms with van der Waals surface area (Å²) in [6, 6.07) is 7.96. The lowest BCUT2D eigenvalue weighted by Crippen LogP contribution is -2.32. The summed E-state index contributed by atoms with van der Waals surface area (Å²) < 4.78 is 12.8. The molecular weight excluding hydrogens is 424 g/mol. The van der Waals surface area contributed by atoms with Crippen LogP contribution in [0.1, 0.15) is 51.7 Å². The third-order valence-corrected chi connectivity index (χ3v) is 4.77. The fraction of sp³-hybridized carbons (Fsp3) is 0.478. The number of fused-ring (bicyclic) bond motifs is 1. The van der Waals surface area contributed by atoms with Crippen LogP contribution in [0.15, 0.2) is 30.6 Å². The number of benzene rings is 1. The van der Waals surface area contributed by atoms with Crippen molar-refractivity contribution in [3.63, 3.8) is 0 Å². The summed E-state index contributed by atoms with van der Waals surface area (Å²) in [5.74, 6) is 0.227. The van der Waals surface area contributed by atoms with Crippen LogP contribution < -0.4 is 15.8 Å². The minimum Gasteiger partial charge on any atom is -0.458 e. The van der Waals surface area contributed by atoms with Crippen LogP contribution in [-0.4, -0.2) is 49.0 Å². The smallest absolute Gasteiger partial charge is 0.407 e. The molecular formula is C23H32N6O4. The van der Waals surface area contributed by atoms with E-state index in [0.717, 1.165) is 17.5 Å². The zero-order valence-electron chi connectivity index (χ0n) is 19.5. The van der Waals surface area contributed by atoms with E-state index in [-0.39, 0.29) is 24.5 Å². The highest BCUT2D eigenvalue weighted by molar-refractivity contribution is 5.82. The number of nitrogens with one attached hydrogen (secondary N) is 1. The maximum atomic E-state index is 11.8. The van der Waals surface area contributed by atoms with E-state index in [1.165, 1.54) is 0 Å². The van der Waals surface area contributed by atoms with Gasteiger partial charge >= 0.3 is 12.1 Å². The molecule has 0 aliphatic rings. The summed E-state index contributed by atoms with van der Waals surface area (Å²) in [7, 11) is 0. The molecule has 178 valence electrons. The highest BCUT2D eigenvalue weighted by atomic mass is 16.6. The molecule has 0 aliphatic carbocycles. The number of anilines is 1. The third kappa shape index (κ3) is 6.79. The van der Waals surface area contributed by atoms with E-state index in [4.69, 9.17) is 15.2 Å². The van der Waals surface area contributed by atoms with Crippen molar-refractivity contribution in [1.82, 2.24) is 24.8 Å². The summed E-state index contributed by atoms with van der Waals surface area (Å²) >= 11 is 0. The van der Waals surface area contributed by atoms with E-state index in [9.17, 15) is 9.90 Å². The second-order valence-electron chi connectivity index (χ2n) is 8.82. The molecule has 3 aromatic rings. The van der Waals surface area contributed by atoms with Crippen LogP contribution in [0.3, 0.4) is 0 Å². The number of nitrogens with two attached hydrogens (primary N) is 1. The fourth-order valence-electron chi connectivity index (χ4n) is 3.22. The van der Waals surface area contributed by atoms with Gasteiger partial charge in [0.15, 0.2) is 17.0 Å². The Morgan fingerprint density at radius 1 is 1.21 bits per heavy atom. The number of rotatable bonds is 9. The lowest BCUT2D eigenvalue weighted by Gasteiger charge is -2.19. The number of amides is 1. The van der Waals surface area contributed by atoms with Gasteiger partial charge in [-0.05, 0) is 38.3 Å². The molecule has 33 heavy (non-hydrogen) atoms. The van der Waals surface area contributed by atoms with E-state index in [1.807, 2.05) is 56.5 Å². The molecule has 3 rings (SSSR count). The molecule has 1 unspecified atom stereocenters. The number of ether oxygens (including phenoxy) is 2. The Morgan fingerprint density at radius 2 is 1.91 bits per heavy atom. The van der Waals surface area contributed by atoms with Gasteiger partial charge in [0.05, 0.1) is 19.5 Å². The van der Waals surface area contributed by atoms with Crippen LogP contribution in [0.2, 0.25) is 0 Å². The number of aliphatic hydroxyl groups excluding tert-OH is 1. The molecule has 2 heterocycles. The highest BCUT2D eigenvalue weighted by Crippen LogP contribution is 2.21. The number of nitrogen functional groups attached to an aromatic ring is 1. The number of carbonyl (C=O) groups is 1. The summed E-state index contributed by atoms with van der Waals surface area (Å²) in [6.07, 6.45) is 2.38. The summed E-state index contributed by atoms with van der Waals surface area (Å²) in [6.45, 7) is 8.25. The van der Waals surface area contributed by atoms with Gasteiger partial charge < -0.3 is 30.2 Å². The molecule has 2 aromatic heterocycles. The van der Waals surface area contributed by atoms with Gasteiger partial charge in [0.2, 0.25) is 0 Å². The minimum atomic E-state index is -0.533. The van der Waals surface area contributed by atoms with Gasteiger partial charge in [-0.3, -0.25) is 0 Å². The highest BCUT2D eigenvalue weighted by Gasteiger charge is 2.17. The SMILES string of the molecule is CCCC(CO)Oc1nc(N)c2ncn(Cc3ccc(CNC(=O)OC(C)(C)C)cc3)c2n1. The molecule has 0 saturated heterocycles. The van der Waals surface area contributed by atoms with Crippen molar-refractivity contribution in [3.8, 4) is 6.01 Å². The maximum Gasteiger partial charge on any atom is 0.407 e. The molecule has 0 radical (unpaired) electrons. The molecule has 1 amide bonds. The van der Waals surface area contributed by atoms with Crippen LogP contribution >= 0.6 is 0 Å². The van der Waals surface area contributed by atoms with Crippen molar-refractivity contribution in [3.05, 3.63) is 41.7 Å². The summed E-state index contributed by atoms with van der Waals surface area (Å²) in [4.78, 5) is 24.8. The molecule has 0 saturated carbocycles. The third-order valence-electron chi connectivity index (χ3n) is 4.77. The Hall–Kier alpha value is -3.40. The molecule has 10 heteroatoms. The number of carbonyl (C=O) groups excluding carboxylic acids is 1. The number of hydrogen-bond acceptors (Lipinski definition) is 8. The van der Waals surface area contributed by atoms with Crippen molar-refractivity contribution < 1.29 is 19.4 Å². The van der Waals surface area contributed by atoms with Gasteiger partial charge in [0, 0.05) is 6.54 Å². The van der Waals surface area contributed by atoms with E-state index in [0.29, 0.717) is 30.7 Å². The van der Waals surface area contributed by atoms with Gasteiger partial charge in [-0.2, -0.15) is 9.97 Å². The lowest BCUT2D eigenvalue weighted by molar-refractivity contribution is 0.0523. The van der Waals surface area contributed by atoms with E-state index in [1.54, 1.807) is 6.33 Å². The minimum absolute atomic E-state index is 0.121. The molecule has 1 atom stereocenters. The standard InChI is InChI=1S/C23H32N6O4/c1-5-6-17(13-30)32-21-27-19(24)18-20(28-21)29(14-26-18)12-16-9-7-15(8-10-16)11-25-22(31)33-23(2,3)4/h7-10,14,17,30H,5-6,11-13H2,1-4H3,(H,25,31)(H2,24,27,28). The predicted molar refractivity (Wildman–Crippen MR) is 125 cm³/mol. The first kappa shape index (κ1) is 24.2. The van der Waals surface area contributed by atoms with E-state index >= 15 is 0 Å². The van der Waals surface area contributed by atoms with Crippen molar-refractivity contribution in [1.29, 1.82) is 0 Å².